The highest BCUT2D eigenvalue weighted by molar-refractivity contribution is 5.25. The first kappa shape index (κ1) is 51.7. The van der Waals surface area contributed by atoms with Crippen molar-refractivity contribution in [1.29, 1.82) is 0 Å². The molecule has 0 aliphatic rings. The molecule has 0 rings (SSSR count). The Morgan fingerprint density at radius 3 is 1.15 bits per heavy atom. The summed E-state index contributed by atoms with van der Waals surface area (Å²) < 4.78 is 0. The van der Waals surface area contributed by atoms with E-state index < -0.39 is 0 Å². The molecule has 0 aromatic carbocycles. The maximum atomic E-state index is 2.61. The zero-order valence-electron chi connectivity index (χ0n) is 38.6. The SMILES string of the molecule is CCCCCCCCCC(=C(CCCCCCC)CCCCCCCC)C(CCCCCC)(CC(C)(C)C)C(CCCCCCCC)CCC(C)C. The molecule has 312 valence electrons. The third-order valence-corrected chi connectivity index (χ3v) is 12.6. The van der Waals surface area contributed by atoms with Gasteiger partial charge >= 0.3 is 0 Å². The maximum absolute atomic E-state index is 2.61. The number of unbranched alkanes of at least 4 members (excludes halogenated alkanes) is 23. The highest BCUT2D eigenvalue weighted by atomic mass is 14.5. The fourth-order valence-electron chi connectivity index (χ4n) is 9.68. The number of hydrogen-bond donors (Lipinski definition) is 0. The number of hydrogen-bond acceptors (Lipinski definition) is 0. The van der Waals surface area contributed by atoms with E-state index in [1.807, 2.05) is 5.57 Å². The Hall–Kier alpha value is -0.260. The van der Waals surface area contributed by atoms with Crippen LogP contribution in [0.2, 0.25) is 0 Å². The van der Waals surface area contributed by atoms with Gasteiger partial charge < -0.3 is 0 Å². The predicted molar refractivity (Wildman–Crippen MR) is 242 cm³/mol. The molecule has 0 aliphatic carbocycles. The molecule has 0 bridgehead atoms. The van der Waals surface area contributed by atoms with Crippen LogP contribution in [-0.4, -0.2) is 0 Å². The van der Waals surface area contributed by atoms with Crippen LogP contribution < -0.4 is 0 Å². The molecule has 0 saturated carbocycles. The molecule has 0 saturated heterocycles. The molecule has 0 heterocycles. The Morgan fingerprint density at radius 1 is 0.385 bits per heavy atom. The van der Waals surface area contributed by atoms with Gasteiger partial charge in [-0.2, -0.15) is 0 Å². The summed E-state index contributed by atoms with van der Waals surface area (Å²) in [6.07, 6.45) is 51.3. The third kappa shape index (κ3) is 27.3. The van der Waals surface area contributed by atoms with E-state index >= 15 is 0 Å². The lowest BCUT2D eigenvalue weighted by molar-refractivity contribution is 0.0876. The Labute approximate surface area is 333 Å². The van der Waals surface area contributed by atoms with Crippen LogP contribution in [0.1, 0.15) is 300 Å². The van der Waals surface area contributed by atoms with Gasteiger partial charge in [0.05, 0.1) is 0 Å². The summed E-state index contributed by atoms with van der Waals surface area (Å²) in [5, 5.41) is 0. The second-order valence-corrected chi connectivity index (χ2v) is 19.6. The van der Waals surface area contributed by atoms with Crippen molar-refractivity contribution in [3.8, 4) is 0 Å². The van der Waals surface area contributed by atoms with Gasteiger partial charge in [0.25, 0.3) is 0 Å². The number of rotatable bonds is 39. The molecule has 0 nitrogen and oxygen atoms in total. The van der Waals surface area contributed by atoms with Crippen LogP contribution >= 0.6 is 0 Å². The average molecular weight is 729 g/mol. The van der Waals surface area contributed by atoms with Gasteiger partial charge in [0.2, 0.25) is 0 Å². The van der Waals surface area contributed by atoms with Crippen LogP contribution in [0.3, 0.4) is 0 Å². The first-order valence-corrected chi connectivity index (χ1v) is 24.8. The van der Waals surface area contributed by atoms with Gasteiger partial charge in [-0.1, -0.05) is 247 Å². The Balaban J connectivity index is 7.22. The average Bonchev–Trinajstić information content (AvgIpc) is 3.10. The van der Waals surface area contributed by atoms with Crippen LogP contribution in [0.4, 0.5) is 0 Å². The van der Waals surface area contributed by atoms with Crippen molar-refractivity contribution in [2.75, 3.05) is 0 Å². The largest absolute Gasteiger partial charge is 0.0704 e. The smallest absolute Gasteiger partial charge is 0.00522 e. The molecule has 0 heteroatoms. The summed E-state index contributed by atoms with van der Waals surface area (Å²) in [6.45, 7) is 24.7. The topological polar surface area (TPSA) is 0 Å². The molecule has 0 aromatic rings. The molecule has 52 heavy (non-hydrogen) atoms. The van der Waals surface area contributed by atoms with E-state index in [0.29, 0.717) is 10.8 Å². The van der Waals surface area contributed by atoms with E-state index in [1.165, 1.54) is 231 Å². The van der Waals surface area contributed by atoms with Crippen molar-refractivity contribution in [2.24, 2.45) is 22.7 Å². The third-order valence-electron chi connectivity index (χ3n) is 12.6. The molecule has 0 amide bonds. The lowest BCUT2D eigenvalue weighted by Gasteiger charge is -2.49. The zero-order valence-corrected chi connectivity index (χ0v) is 38.6. The second kappa shape index (κ2) is 35.2. The standard InChI is InChI=1S/C52H104/c1-11-16-21-26-29-33-37-42-50(48(39-34-30-24-19-14-4)40-35-31-27-22-17-12-2)52(46-51(8,9)10,45-38-25-20-15-5)49(44-43-47(6)7)41-36-32-28-23-18-13-3/h47,49H,11-46H2,1-10H3. The minimum Gasteiger partial charge on any atom is -0.0704 e. The second-order valence-electron chi connectivity index (χ2n) is 19.6. The monoisotopic (exact) mass is 729 g/mol. The van der Waals surface area contributed by atoms with E-state index in [-0.39, 0.29) is 0 Å². The number of allylic oxidation sites excluding steroid dienone is 2. The maximum Gasteiger partial charge on any atom is -0.00522 e. The van der Waals surface area contributed by atoms with Crippen LogP contribution in [0, 0.1) is 22.7 Å². The van der Waals surface area contributed by atoms with Gasteiger partial charge in [-0.3, -0.25) is 0 Å². The van der Waals surface area contributed by atoms with Crippen molar-refractivity contribution in [2.45, 2.75) is 300 Å². The Kier molecular flexibility index (Phi) is 35.0. The minimum absolute atomic E-state index is 0.347. The van der Waals surface area contributed by atoms with E-state index in [0.717, 1.165) is 11.8 Å². The summed E-state index contributed by atoms with van der Waals surface area (Å²) in [5.41, 5.74) is 4.79. The van der Waals surface area contributed by atoms with Crippen LogP contribution in [0.15, 0.2) is 11.1 Å². The van der Waals surface area contributed by atoms with Crippen LogP contribution in [0.25, 0.3) is 0 Å². The summed E-state index contributed by atoms with van der Waals surface area (Å²) in [5.74, 6) is 1.65. The molecular formula is C52H104. The highest BCUT2D eigenvalue weighted by Crippen LogP contribution is 2.55. The summed E-state index contributed by atoms with van der Waals surface area (Å²) in [4.78, 5) is 0. The van der Waals surface area contributed by atoms with Gasteiger partial charge in [0.15, 0.2) is 0 Å². The van der Waals surface area contributed by atoms with Gasteiger partial charge in [-0.25, -0.2) is 0 Å². The lowest BCUT2D eigenvalue weighted by Crippen LogP contribution is -2.38. The first-order chi connectivity index (χ1) is 25.1. The zero-order chi connectivity index (χ0) is 38.8. The molecule has 0 fully saturated rings. The fourth-order valence-corrected chi connectivity index (χ4v) is 9.68. The lowest BCUT2D eigenvalue weighted by atomic mass is 9.56. The molecular weight excluding hydrogens is 625 g/mol. The van der Waals surface area contributed by atoms with Crippen molar-refractivity contribution in [3.63, 3.8) is 0 Å². The van der Waals surface area contributed by atoms with E-state index in [1.54, 1.807) is 0 Å². The predicted octanol–water partition coefficient (Wildman–Crippen LogP) is 19.7. The Bertz CT molecular complexity index is 763. The van der Waals surface area contributed by atoms with Crippen LogP contribution in [-0.2, 0) is 0 Å². The molecule has 0 aromatic heterocycles. The first-order valence-electron chi connectivity index (χ1n) is 24.8. The molecule has 2 unspecified atom stereocenters. The van der Waals surface area contributed by atoms with Crippen molar-refractivity contribution in [3.05, 3.63) is 11.1 Å². The van der Waals surface area contributed by atoms with Crippen molar-refractivity contribution in [1.82, 2.24) is 0 Å². The van der Waals surface area contributed by atoms with E-state index in [2.05, 4.69) is 74.8 Å². The van der Waals surface area contributed by atoms with Gasteiger partial charge in [0, 0.05) is 0 Å². The molecule has 0 radical (unpaired) electrons. The van der Waals surface area contributed by atoms with Crippen LogP contribution in [0.5, 0.6) is 0 Å². The molecule has 0 aliphatic heterocycles. The van der Waals surface area contributed by atoms with Gasteiger partial charge in [0.1, 0.15) is 0 Å². The molecule has 2 atom stereocenters. The normalized spacial score (nSPS) is 14.6. The van der Waals surface area contributed by atoms with Gasteiger partial charge in [-0.15, -0.1) is 0 Å². The fraction of sp³-hybridized carbons (Fsp3) is 0.962. The molecule has 0 spiro atoms. The van der Waals surface area contributed by atoms with E-state index in [4.69, 9.17) is 0 Å². The summed E-state index contributed by atoms with van der Waals surface area (Å²) in [6, 6.07) is 0. The van der Waals surface area contributed by atoms with Crippen molar-refractivity contribution < 1.29 is 0 Å². The molecule has 0 N–H and O–H groups in total. The van der Waals surface area contributed by atoms with E-state index in [9.17, 15) is 0 Å². The summed E-state index contributed by atoms with van der Waals surface area (Å²) >= 11 is 0. The summed E-state index contributed by atoms with van der Waals surface area (Å²) in [7, 11) is 0. The highest BCUT2D eigenvalue weighted by Gasteiger charge is 2.44. The van der Waals surface area contributed by atoms with Crippen molar-refractivity contribution >= 4 is 0 Å². The Morgan fingerprint density at radius 2 is 0.750 bits per heavy atom. The minimum atomic E-state index is 0.347. The van der Waals surface area contributed by atoms with Gasteiger partial charge in [-0.05, 0) is 86.9 Å². The quantitative estimate of drug-likeness (QED) is 0.0437.